The van der Waals surface area contributed by atoms with Crippen LogP contribution in [0.4, 0.5) is 5.69 Å². The maximum absolute atomic E-state index is 12.6. The predicted molar refractivity (Wildman–Crippen MR) is 97.8 cm³/mol. The van der Waals surface area contributed by atoms with Gasteiger partial charge in [-0.2, -0.15) is 0 Å². The van der Waals surface area contributed by atoms with E-state index < -0.39 is 0 Å². The largest absolute Gasteiger partial charge is 0.461 e. The van der Waals surface area contributed by atoms with E-state index in [1.54, 1.807) is 25.1 Å². The SMILES string of the molecule is Cc1cc(C)cc(NC(=O)c2cc(-c3ccc(Cl)cc3)oc2C)c1. The summed E-state index contributed by atoms with van der Waals surface area (Å²) in [5.41, 5.74) is 4.41. The van der Waals surface area contributed by atoms with Crippen LogP contribution in [0.25, 0.3) is 11.3 Å². The lowest BCUT2D eigenvalue weighted by Gasteiger charge is -2.06. The van der Waals surface area contributed by atoms with Crippen molar-refractivity contribution in [2.24, 2.45) is 0 Å². The first kappa shape index (κ1) is 16.3. The van der Waals surface area contributed by atoms with Gasteiger partial charge in [0.05, 0.1) is 5.56 Å². The summed E-state index contributed by atoms with van der Waals surface area (Å²) < 4.78 is 5.74. The summed E-state index contributed by atoms with van der Waals surface area (Å²) in [5, 5.41) is 3.60. The number of anilines is 1. The monoisotopic (exact) mass is 339 g/mol. The third kappa shape index (κ3) is 3.52. The minimum absolute atomic E-state index is 0.179. The standard InChI is InChI=1S/C20H18ClNO2/c1-12-8-13(2)10-17(9-12)22-20(23)18-11-19(24-14(18)3)15-4-6-16(21)7-5-15/h4-11H,1-3H3,(H,22,23). The van der Waals surface area contributed by atoms with Crippen LogP contribution in [-0.4, -0.2) is 5.91 Å². The smallest absolute Gasteiger partial charge is 0.259 e. The van der Waals surface area contributed by atoms with Gasteiger partial charge in [0.2, 0.25) is 0 Å². The molecule has 4 heteroatoms. The summed E-state index contributed by atoms with van der Waals surface area (Å²) in [4.78, 5) is 12.6. The molecule has 0 unspecified atom stereocenters. The molecule has 1 heterocycles. The first-order chi connectivity index (χ1) is 11.4. The summed E-state index contributed by atoms with van der Waals surface area (Å²) in [7, 11) is 0. The fraction of sp³-hybridized carbons (Fsp3) is 0.150. The highest BCUT2D eigenvalue weighted by atomic mass is 35.5. The van der Waals surface area contributed by atoms with Crippen LogP contribution in [0.5, 0.6) is 0 Å². The molecule has 0 saturated heterocycles. The van der Waals surface area contributed by atoms with Gasteiger partial charge in [-0.15, -0.1) is 0 Å². The van der Waals surface area contributed by atoms with Gasteiger partial charge in [-0.1, -0.05) is 17.7 Å². The van der Waals surface area contributed by atoms with E-state index in [0.29, 0.717) is 22.1 Å². The number of aryl methyl sites for hydroxylation is 3. The molecule has 1 N–H and O–H groups in total. The Kier molecular flexibility index (Phi) is 4.45. The van der Waals surface area contributed by atoms with Gasteiger partial charge in [0.25, 0.3) is 5.91 Å². The van der Waals surface area contributed by atoms with Crippen LogP contribution in [0, 0.1) is 20.8 Å². The number of carbonyl (C=O) groups is 1. The summed E-state index contributed by atoms with van der Waals surface area (Å²) in [6.45, 7) is 5.80. The van der Waals surface area contributed by atoms with Crippen LogP contribution in [0.3, 0.4) is 0 Å². The van der Waals surface area contributed by atoms with E-state index in [1.165, 1.54) is 0 Å². The zero-order chi connectivity index (χ0) is 17.3. The van der Waals surface area contributed by atoms with Crippen molar-refractivity contribution in [2.75, 3.05) is 5.32 Å². The third-order valence-corrected chi connectivity index (χ3v) is 4.02. The molecule has 1 amide bonds. The van der Waals surface area contributed by atoms with Gasteiger partial charge in [-0.25, -0.2) is 0 Å². The number of nitrogens with one attached hydrogen (secondary N) is 1. The molecule has 0 bridgehead atoms. The predicted octanol–water partition coefficient (Wildman–Crippen LogP) is 5.78. The lowest BCUT2D eigenvalue weighted by Crippen LogP contribution is -2.12. The van der Waals surface area contributed by atoms with Crippen molar-refractivity contribution in [2.45, 2.75) is 20.8 Å². The number of amides is 1. The average molecular weight is 340 g/mol. The zero-order valence-corrected chi connectivity index (χ0v) is 14.6. The lowest BCUT2D eigenvalue weighted by molar-refractivity contribution is 0.102. The van der Waals surface area contributed by atoms with E-state index in [0.717, 1.165) is 22.4 Å². The highest BCUT2D eigenvalue weighted by molar-refractivity contribution is 6.30. The van der Waals surface area contributed by atoms with Gasteiger partial charge in [0, 0.05) is 16.3 Å². The number of hydrogen-bond acceptors (Lipinski definition) is 2. The van der Waals surface area contributed by atoms with E-state index >= 15 is 0 Å². The molecule has 122 valence electrons. The number of rotatable bonds is 3. The van der Waals surface area contributed by atoms with Gasteiger partial charge in [-0.3, -0.25) is 4.79 Å². The Morgan fingerprint density at radius 3 is 2.21 bits per heavy atom. The van der Waals surface area contributed by atoms with Gasteiger partial charge in [-0.05, 0) is 74.4 Å². The van der Waals surface area contributed by atoms with Crippen LogP contribution in [0.15, 0.2) is 52.9 Å². The lowest BCUT2D eigenvalue weighted by atomic mass is 10.1. The molecule has 1 aromatic heterocycles. The van der Waals surface area contributed by atoms with Gasteiger partial charge in [0.15, 0.2) is 0 Å². The zero-order valence-electron chi connectivity index (χ0n) is 13.8. The van der Waals surface area contributed by atoms with E-state index in [9.17, 15) is 4.79 Å². The van der Waals surface area contributed by atoms with Crippen molar-refractivity contribution in [3.05, 3.63) is 76.0 Å². The minimum Gasteiger partial charge on any atom is -0.461 e. The molecule has 3 nitrogen and oxygen atoms in total. The second kappa shape index (κ2) is 6.54. The molecule has 0 radical (unpaired) electrons. The Morgan fingerprint density at radius 1 is 0.958 bits per heavy atom. The van der Waals surface area contributed by atoms with Crippen molar-refractivity contribution < 1.29 is 9.21 Å². The van der Waals surface area contributed by atoms with Crippen molar-refractivity contribution in [1.29, 1.82) is 0 Å². The quantitative estimate of drug-likeness (QED) is 0.657. The number of carbonyl (C=O) groups excluding carboxylic acids is 1. The van der Waals surface area contributed by atoms with Gasteiger partial charge < -0.3 is 9.73 Å². The van der Waals surface area contributed by atoms with Crippen molar-refractivity contribution >= 4 is 23.2 Å². The second-order valence-electron chi connectivity index (χ2n) is 5.92. The van der Waals surface area contributed by atoms with Crippen molar-refractivity contribution in [3.8, 4) is 11.3 Å². The molecule has 0 atom stereocenters. The van der Waals surface area contributed by atoms with Crippen molar-refractivity contribution in [1.82, 2.24) is 0 Å². The van der Waals surface area contributed by atoms with Crippen LogP contribution in [0.1, 0.15) is 27.2 Å². The Balaban J connectivity index is 1.86. The highest BCUT2D eigenvalue weighted by Gasteiger charge is 2.16. The molecule has 24 heavy (non-hydrogen) atoms. The number of hydrogen-bond donors (Lipinski definition) is 1. The van der Waals surface area contributed by atoms with Crippen LogP contribution < -0.4 is 5.32 Å². The summed E-state index contributed by atoms with van der Waals surface area (Å²) in [5.74, 6) is 1.05. The third-order valence-electron chi connectivity index (χ3n) is 3.77. The van der Waals surface area contributed by atoms with Crippen LogP contribution in [-0.2, 0) is 0 Å². The van der Waals surface area contributed by atoms with Gasteiger partial charge in [0.1, 0.15) is 11.5 Å². The van der Waals surface area contributed by atoms with E-state index in [2.05, 4.69) is 11.4 Å². The Bertz CT molecular complexity index is 874. The molecule has 3 aromatic rings. The highest BCUT2D eigenvalue weighted by Crippen LogP contribution is 2.27. The molecule has 0 fully saturated rings. The summed E-state index contributed by atoms with van der Waals surface area (Å²) in [6, 6.07) is 15.0. The second-order valence-corrected chi connectivity index (χ2v) is 6.35. The first-order valence-electron chi connectivity index (χ1n) is 7.68. The molecule has 0 aliphatic carbocycles. The van der Waals surface area contributed by atoms with Crippen LogP contribution in [0.2, 0.25) is 5.02 Å². The van der Waals surface area contributed by atoms with E-state index in [4.69, 9.17) is 16.0 Å². The summed E-state index contributed by atoms with van der Waals surface area (Å²) >= 11 is 5.91. The van der Waals surface area contributed by atoms with E-state index in [1.807, 2.05) is 38.1 Å². The Labute approximate surface area is 146 Å². The van der Waals surface area contributed by atoms with E-state index in [-0.39, 0.29) is 5.91 Å². The number of benzene rings is 2. The maximum Gasteiger partial charge on any atom is 0.259 e. The molecule has 0 aliphatic heterocycles. The average Bonchev–Trinajstić information content (AvgIpc) is 2.89. The number of halogens is 1. The summed E-state index contributed by atoms with van der Waals surface area (Å²) in [6.07, 6.45) is 0. The maximum atomic E-state index is 12.6. The molecular weight excluding hydrogens is 322 g/mol. The van der Waals surface area contributed by atoms with Crippen molar-refractivity contribution in [3.63, 3.8) is 0 Å². The molecular formula is C20H18ClNO2. The molecule has 3 rings (SSSR count). The normalized spacial score (nSPS) is 10.7. The van der Waals surface area contributed by atoms with Gasteiger partial charge >= 0.3 is 0 Å². The molecule has 0 aliphatic rings. The number of furan rings is 1. The topological polar surface area (TPSA) is 42.2 Å². The molecule has 2 aromatic carbocycles. The molecule has 0 spiro atoms. The van der Waals surface area contributed by atoms with Crippen LogP contribution >= 0.6 is 11.6 Å². The molecule has 0 saturated carbocycles. The minimum atomic E-state index is -0.179. The Hall–Kier alpha value is -2.52. The Morgan fingerprint density at radius 2 is 1.58 bits per heavy atom. The fourth-order valence-corrected chi connectivity index (χ4v) is 2.84. The fourth-order valence-electron chi connectivity index (χ4n) is 2.71. The first-order valence-corrected chi connectivity index (χ1v) is 8.06.